The van der Waals surface area contributed by atoms with Gasteiger partial charge in [-0.15, -0.1) is 0 Å². The van der Waals surface area contributed by atoms with Crippen molar-refractivity contribution in [1.82, 2.24) is 0 Å². The topological polar surface area (TPSA) is 92.4 Å². The predicted octanol–water partition coefficient (Wildman–Crippen LogP) is 2.21. The first-order valence-electron chi connectivity index (χ1n) is 5.48. The highest BCUT2D eigenvalue weighted by Gasteiger charge is 2.11. The van der Waals surface area contributed by atoms with Crippen molar-refractivity contribution in [2.45, 2.75) is 25.8 Å². The average molecular weight is 315 g/mol. The maximum atomic E-state index is 11.3. The number of hydrogen-bond acceptors (Lipinski definition) is 3. The van der Waals surface area contributed by atoms with E-state index in [1.807, 2.05) is 6.92 Å². The van der Waals surface area contributed by atoms with Crippen molar-refractivity contribution >= 4 is 33.5 Å². The maximum absolute atomic E-state index is 11.3. The molecule has 1 rings (SSSR count). The molecule has 0 saturated carbocycles. The third-order valence-corrected chi connectivity index (χ3v) is 2.93. The molecule has 0 aromatic heterocycles. The van der Waals surface area contributed by atoms with E-state index in [0.29, 0.717) is 17.7 Å². The van der Waals surface area contributed by atoms with Crippen molar-refractivity contribution in [3.05, 3.63) is 28.2 Å². The molecule has 1 unspecified atom stereocenters. The number of amides is 1. The lowest BCUT2D eigenvalue weighted by Crippen LogP contribution is -2.20. The number of primary amides is 1. The Bertz CT molecular complexity index is 463. The molecule has 0 aliphatic carbocycles. The fourth-order valence-corrected chi connectivity index (χ4v) is 1.89. The first-order valence-corrected chi connectivity index (χ1v) is 6.27. The molecule has 0 fully saturated rings. The Morgan fingerprint density at radius 3 is 2.72 bits per heavy atom. The molecule has 4 N–H and O–H groups in total. The second kappa shape index (κ2) is 6.39. The second-order valence-corrected chi connectivity index (χ2v) is 4.95. The Hall–Kier alpha value is -1.56. The molecule has 0 radical (unpaired) electrons. The minimum Gasteiger partial charge on any atom is -0.481 e. The van der Waals surface area contributed by atoms with E-state index in [0.717, 1.165) is 4.47 Å². The number of anilines is 1. The summed E-state index contributed by atoms with van der Waals surface area (Å²) < 4.78 is 0.820. The molecule has 0 bridgehead atoms. The van der Waals surface area contributed by atoms with Crippen molar-refractivity contribution in [3.63, 3.8) is 0 Å². The molecule has 0 aliphatic rings. The molecule has 0 saturated heterocycles. The number of rotatable bonds is 6. The quantitative estimate of drug-likeness (QED) is 0.750. The number of carbonyl (C=O) groups excluding carboxylic acids is 1. The van der Waals surface area contributed by atoms with Crippen LogP contribution in [0.2, 0.25) is 0 Å². The number of benzene rings is 1. The highest BCUT2D eigenvalue weighted by Crippen LogP contribution is 2.22. The van der Waals surface area contributed by atoms with Crippen LogP contribution in [0, 0.1) is 0 Å². The van der Waals surface area contributed by atoms with Gasteiger partial charge in [0.05, 0.1) is 5.56 Å². The van der Waals surface area contributed by atoms with Crippen LogP contribution in [0.15, 0.2) is 22.7 Å². The summed E-state index contributed by atoms with van der Waals surface area (Å²) in [5.41, 5.74) is 6.27. The van der Waals surface area contributed by atoms with Gasteiger partial charge in [0.2, 0.25) is 0 Å². The summed E-state index contributed by atoms with van der Waals surface area (Å²) in [7, 11) is 0. The molecule has 1 aromatic rings. The van der Waals surface area contributed by atoms with E-state index < -0.39 is 11.9 Å². The molecule has 5 nitrogen and oxygen atoms in total. The summed E-state index contributed by atoms with van der Waals surface area (Å²) in [5, 5.41) is 11.7. The normalized spacial score (nSPS) is 11.9. The Kier molecular flexibility index (Phi) is 5.15. The monoisotopic (exact) mass is 314 g/mol. The largest absolute Gasteiger partial charge is 0.481 e. The number of aliphatic carboxylic acids is 1. The molecule has 1 amide bonds. The maximum Gasteiger partial charge on any atom is 0.303 e. The number of carboxylic acids is 1. The van der Waals surface area contributed by atoms with Gasteiger partial charge in [0.25, 0.3) is 5.91 Å². The van der Waals surface area contributed by atoms with Gasteiger partial charge in [-0.3, -0.25) is 9.59 Å². The van der Waals surface area contributed by atoms with Crippen molar-refractivity contribution in [3.8, 4) is 0 Å². The van der Waals surface area contributed by atoms with Crippen LogP contribution < -0.4 is 11.1 Å². The van der Waals surface area contributed by atoms with Crippen LogP contribution in [0.25, 0.3) is 0 Å². The number of halogens is 1. The molecule has 6 heteroatoms. The van der Waals surface area contributed by atoms with E-state index in [1.165, 1.54) is 0 Å². The van der Waals surface area contributed by atoms with Crippen LogP contribution in [-0.2, 0) is 4.79 Å². The van der Waals surface area contributed by atoms with Crippen molar-refractivity contribution < 1.29 is 14.7 Å². The zero-order valence-corrected chi connectivity index (χ0v) is 11.5. The van der Waals surface area contributed by atoms with Crippen LogP contribution in [0.1, 0.15) is 30.1 Å². The minimum atomic E-state index is -0.840. The molecule has 18 heavy (non-hydrogen) atoms. The number of carboxylic acid groups (broad SMARTS) is 1. The molecule has 0 spiro atoms. The lowest BCUT2D eigenvalue weighted by molar-refractivity contribution is -0.137. The van der Waals surface area contributed by atoms with Gasteiger partial charge in [-0.1, -0.05) is 15.9 Å². The molecule has 1 aromatic carbocycles. The fraction of sp³-hybridized carbons (Fsp3) is 0.333. The van der Waals surface area contributed by atoms with E-state index in [4.69, 9.17) is 10.8 Å². The fourth-order valence-electron chi connectivity index (χ4n) is 1.53. The van der Waals surface area contributed by atoms with Crippen LogP contribution in [-0.4, -0.2) is 23.0 Å². The summed E-state index contributed by atoms with van der Waals surface area (Å²) in [5.74, 6) is -1.36. The Balaban J connectivity index is 2.79. The second-order valence-electron chi connectivity index (χ2n) is 4.03. The van der Waals surface area contributed by atoms with E-state index in [1.54, 1.807) is 18.2 Å². The van der Waals surface area contributed by atoms with E-state index >= 15 is 0 Å². The van der Waals surface area contributed by atoms with Gasteiger partial charge in [0, 0.05) is 22.6 Å². The first kappa shape index (κ1) is 14.5. The lowest BCUT2D eigenvalue weighted by atomic mass is 10.1. The van der Waals surface area contributed by atoms with Gasteiger partial charge in [-0.25, -0.2) is 0 Å². The van der Waals surface area contributed by atoms with E-state index in [2.05, 4.69) is 21.2 Å². The zero-order chi connectivity index (χ0) is 13.7. The van der Waals surface area contributed by atoms with Gasteiger partial charge in [-0.2, -0.15) is 0 Å². The van der Waals surface area contributed by atoms with Crippen molar-refractivity contribution in [1.29, 1.82) is 0 Å². The van der Waals surface area contributed by atoms with Crippen molar-refractivity contribution in [2.75, 3.05) is 5.32 Å². The van der Waals surface area contributed by atoms with E-state index in [9.17, 15) is 9.59 Å². The Labute approximate surface area is 113 Å². The van der Waals surface area contributed by atoms with Gasteiger partial charge in [0.1, 0.15) is 0 Å². The molecule has 0 aliphatic heterocycles. The van der Waals surface area contributed by atoms with E-state index in [-0.39, 0.29) is 12.5 Å². The molecule has 0 heterocycles. The number of hydrogen-bond donors (Lipinski definition) is 3. The lowest BCUT2D eigenvalue weighted by Gasteiger charge is -2.16. The van der Waals surface area contributed by atoms with Crippen LogP contribution in [0.3, 0.4) is 0 Å². The molecule has 1 atom stereocenters. The smallest absolute Gasteiger partial charge is 0.303 e. The summed E-state index contributed by atoms with van der Waals surface area (Å²) in [6.07, 6.45) is 0.550. The van der Waals surface area contributed by atoms with Crippen LogP contribution in [0.4, 0.5) is 5.69 Å². The van der Waals surface area contributed by atoms with Gasteiger partial charge < -0.3 is 16.2 Å². The third-order valence-electron chi connectivity index (χ3n) is 2.44. The third kappa shape index (κ3) is 4.37. The van der Waals surface area contributed by atoms with Crippen LogP contribution in [0.5, 0.6) is 0 Å². The van der Waals surface area contributed by atoms with Gasteiger partial charge >= 0.3 is 5.97 Å². The predicted molar refractivity (Wildman–Crippen MR) is 72.6 cm³/mol. The van der Waals surface area contributed by atoms with Gasteiger partial charge in [0.15, 0.2) is 0 Å². The number of carbonyl (C=O) groups is 2. The van der Waals surface area contributed by atoms with Gasteiger partial charge in [-0.05, 0) is 31.5 Å². The summed E-state index contributed by atoms with van der Waals surface area (Å²) >= 11 is 3.31. The standard InChI is InChI=1S/C12H15BrN2O3/c1-7(2-5-11(16)17)15-10-6-8(13)3-4-9(10)12(14)18/h3-4,6-7,15H,2,5H2,1H3,(H2,14,18)(H,16,17). The summed E-state index contributed by atoms with van der Waals surface area (Å²) in [6.45, 7) is 1.86. The highest BCUT2D eigenvalue weighted by atomic mass is 79.9. The molecular formula is C12H15BrN2O3. The van der Waals surface area contributed by atoms with Crippen molar-refractivity contribution in [2.24, 2.45) is 5.73 Å². The minimum absolute atomic E-state index is 0.0616. The average Bonchev–Trinajstić information content (AvgIpc) is 2.26. The summed E-state index contributed by atoms with van der Waals surface area (Å²) in [4.78, 5) is 21.7. The Morgan fingerprint density at radius 2 is 2.17 bits per heavy atom. The first-order chi connectivity index (χ1) is 8.40. The number of nitrogens with one attached hydrogen (secondary N) is 1. The van der Waals surface area contributed by atoms with Crippen LogP contribution >= 0.6 is 15.9 Å². The SMILES string of the molecule is CC(CCC(=O)O)Nc1cc(Br)ccc1C(N)=O. The molecule has 98 valence electrons. The summed E-state index contributed by atoms with van der Waals surface area (Å²) in [6, 6.07) is 5.04. The molecular weight excluding hydrogens is 300 g/mol. The highest BCUT2D eigenvalue weighted by molar-refractivity contribution is 9.10. The number of nitrogens with two attached hydrogens (primary N) is 1. The Morgan fingerprint density at radius 1 is 1.50 bits per heavy atom. The zero-order valence-electron chi connectivity index (χ0n) is 9.94.